The topological polar surface area (TPSA) is 90.5 Å². The molecule has 7 heteroatoms. The van der Waals surface area contributed by atoms with Crippen LogP contribution in [0.4, 0.5) is 21.9 Å². The van der Waals surface area contributed by atoms with Crippen molar-refractivity contribution in [3.05, 3.63) is 54.1 Å². The van der Waals surface area contributed by atoms with E-state index in [4.69, 9.17) is 0 Å². The van der Waals surface area contributed by atoms with Crippen LogP contribution in [-0.2, 0) is 4.79 Å². The Morgan fingerprint density at radius 2 is 1.82 bits per heavy atom. The van der Waals surface area contributed by atoms with Crippen LogP contribution in [-0.4, -0.2) is 30.4 Å². The minimum absolute atomic E-state index is 0.0166. The SMILES string of the molecule is CC(C)NC(=O)Nc1ccccc1C(=O)Nc1cccc(N2CCCC2=O)c1. The van der Waals surface area contributed by atoms with Gasteiger partial charge in [0.05, 0.1) is 11.3 Å². The highest BCUT2D eigenvalue weighted by Crippen LogP contribution is 2.25. The molecule has 7 nitrogen and oxygen atoms in total. The number of rotatable bonds is 5. The molecule has 0 unspecified atom stereocenters. The molecule has 28 heavy (non-hydrogen) atoms. The van der Waals surface area contributed by atoms with Crippen molar-refractivity contribution in [2.45, 2.75) is 32.7 Å². The van der Waals surface area contributed by atoms with Gasteiger partial charge in [0, 0.05) is 30.4 Å². The standard InChI is InChI=1S/C21H24N4O3/c1-14(2)22-21(28)24-18-10-4-3-9-17(18)20(27)23-15-7-5-8-16(13-15)25-12-6-11-19(25)26/h3-5,7-10,13-14H,6,11-12H2,1-2H3,(H,23,27)(H2,22,24,28). The lowest BCUT2D eigenvalue weighted by molar-refractivity contribution is -0.117. The van der Waals surface area contributed by atoms with Crippen LogP contribution in [0.1, 0.15) is 37.0 Å². The predicted octanol–water partition coefficient (Wildman–Crippen LogP) is 3.60. The Balaban J connectivity index is 1.75. The molecule has 0 bridgehead atoms. The zero-order valence-electron chi connectivity index (χ0n) is 16.0. The average molecular weight is 380 g/mol. The number of urea groups is 1. The van der Waals surface area contributed by atoms with Gasteiger partial charge in [-0.15, -0.1) is 0 Å². The molecule has 0 aliphatic carbocycles. The average Bonchev–Trinajstić information content (AvgIpc) is 3.07. The molecule has 3 N–H and O–H groups in total. The lowest BCUT2D eigenvalue weighted by Gasteiger charge is -2.17. The Labute approximate surface area is 164 Å². The number of amides is 4. The first-order valence-electron chi connectivity index (χ1n) is 9.32. The summed E-state index contributed by atoms with van der Waals surface area (Å²) in [6.07, 6.45) is 1.39. The van der Waals surface area contributed by atoms with Gasteiger partial charge >= 0.3 is 6.03 Å². The molecule has 0 spiro atoms. The van der Waals surface area contributed by atoms with Crippen LogP contribution in [0.2, 0.25) is 0 Å². The second kappa shape index (κ2) is 8.56. The van der Waals surface area contributed by atoms with Crippen molar-refractivity contribution in [2.75, 3.05) is 22.1 Å². The van der Waals surface area contributed by atoms with Crippen LogP contribution >= 0.6 is 0 Å². The molecule has 0 aromatic heterocycles. The van der Waals surface area contributed by atoms with Gasteiger partial charge in [0.25, 0.3) is 5.91 Å². The summed E-state index contributed by atoms with van der Waals surface area (Å²) in [4.78, 5) is 38.4. The maximum Gasteiger partial charge on any atom is 0.319 e. The predicted molar refractivity (Wildman–Crippen MR) is 110 cm³/mol. The van der Waals surface area contributed by atoms with Crippen LogP contribution in [0.25, 0.3) is 0 Å². The zero-order valence-corrected chi connectivity index (χ0v) is 16.0. The van der Waals surface area contributed by atoms with Crippen molar-refractivity contribution in [3.63, 3.8) is 0 Å². The number of hydrogen-bond acceptors (Lipinski definition) is 3. The number of nitrogens with zero attached hydrogens (tertiary/aromatic N) is 1. The maximum atomic E-state index is 12.8. The van der Waals surface area contributed by atoms with E-state index in [1.165, 1.54) is 0 Å². The summed E-state index contributed by atoms with van der Waals surface area (Å²) >= 11 is 0. The van der Waals surface area contributed by atoms with Crippen LogP contribution in [0.5, 0.6) is 0 Å². The molecule has 0 radical (unpaired) electrons. The van der Waals surface area contributed by atoms with Gasteiger partial charge in [-0.2, -0.15) is 0 Å². The van der Waals surface area contributed by atoms with Crippen molar-refractivity contribution < 1.29 is 14.4 Å². The quantitative estimate of drug-likeness (QED) is 0.740. The van der Waals surface area contributed by atoms with Crippen molar-refractivity contribution in [1.29, 1.82) is 0 Å². The van der Waals surface area contributed by atoms with Crippen molar-refractivity contribution in [2.24, 2.45) is 0 Å². The number of para-hydroxylation sites is 1. The van der Waals surface area contributed by atoms with Crippen molar-refractivity contribution in [1.82, 2.24) is 5.32 Å². The smallest absolute Gasteiger partial charge is 0.319 e. The molecule has 2 aromatic carbocycles. The van der Waals surface area contributed by atoms with Crippen LogP contribution in [0.15, 0.2) is 48.5 Å². The minimum atomic E-state index is -0.371. The summed E-state index contributed by atoms with van der Waals surface area (Å²) in [6.45, 7) is 4.40. The largest absolute Gasteiger partial charge is 0.336 e. The fourth-order valence-corrected chi connectivity index (χ4v) is 3.08. The van der Waals surface area contributed by atoms with Gasteiger partial charge in [0.1, 0.15) is 0 Å². The molecule has 1 aliphatic rings. The van der Waals surface area contributed by atoms with E-state index in [0.29, 0.717) is 29.9 Å². The first-order chi connectivity index (χ1) is 13.4. The Bertz CT molecular complexity index is 895. The lowest BCUT2D eigenvalue weighted by Crippen LogP contribution is -2.34. The number of hydrogen-bond donors (Lipinski definition) is 3. The monoisotopic (exact) mass is 380 g/mol. The maximum absolute atomic E-state index is 12.8. The number of benzene rings is 2. The molecular weight excluding hydrogens is 356 g/mol. The van der Waals surface area contributed by atoms with Gasteiger partial charge < -0.3 is 20.9 Å². The Morgan fingerprint density at radius 1 is 1.04 bits per heavy atom. The molecule has 0 saturated carbocycles. The van der Waals surface area contributed by atoms with Crippen molar-refractivity contribution >= 4 is 34.9 Å². The van der Waals surface area contributed by atoms with E-state index in [2.05, 4.69) is 16.0 Å². The molecule has 2 aromatic rings. The number of anilines is 3. The first kappa shape index (κ1) is 19.4. The highest BCUT2D eigenvalue weighted by molar-refractivity contribution is 6.10. The highest BCUT2D eigenvalue weighted by atomic mass is 16.2. The second-order valence-electron chi connectivity index (χ2n) is 6.95. The van der Waals surface area contributed by atoms with E-state index in [9.17, 15) is 14.4 Å². The Kier molecular flexibility index (Phi) is 5.93. The van der Waals surface area contributed by atoms with Crippen molar-refractivity contribution in [3.8, 4) is 0 Å². The summed E-state index contributed by atoms with van der Waals surface area (Å²) in [5.41, 5.74) is 2.12. The highest BCUT2D eigenvalue weighted by Gasteiger charge is 2.22. The molecule has 0 atom stereocenters. The van der Waals surface area contributed by atoms with Gasteiger partial charge in [-0.1, -0.05) is 18.2 Å². The number of carbonyl (C=O) groups excluding carboxylic acids is 3. The molecular formula is C21H24N4O3. The van der Waals surface area contributed by atoms with E-state index in [0.717, 1.165) is 12.1 Å². The van der Waals surface area contributed by atoms with E-state index in [-0.39, 0.29) is 23.9 Å². The van der Waals surface area contributed by atoms with E-state index in [1.807, 2.05) is 19.9 Å². The molecule has 146 valence electrons. The summed E-state index contributed by atoms with van der Waals surface area (Å²) in [5.74, 6) is -0.250. The third kappa shape index (κ3) is 4.68. The fourth-order valence-electron chi connectivity index (χ4n) is 3.08. The van der Waals surface area contributed by atoms with Gasteiger partial charge in [0.2, 0.25) is 5.91 Å². The van der Waals surface area contributed by atoms with E-state index in [1.54, 1.807) is 47.4 Å². The molecule has 1 aliphatic heterocycles. The summed E-state index contributed by atoms with van der Waals surface area (Å²) in [5, 5.41) is 8.28. The molecule has 1 saturated heterocycles. The van der Waals surface area contributed by atoms with Crippen LogP contribution < -0.4 is 20.9 Å². The Morgan fingerprint density at radius 3 is 2.54 bits per heavy atom. The van der Waals surface area contributed by atoms with E-state index < -0.39 is 0 Å². The molecule has 4 amide bonds. The summed E-state index contributed by atoms with van der Waals surface area (Å²) in [7, 11) is 0. The van der Waals surface area contributed by atoms with Crippen LogP contribution in [0, 0.1) is 0 Å². The minimum Gasteiger partial charge on any atom is -0.336 e. The third-order valence-corrected chi connectivity index (χ3v) is 4.33. The number of nitrogens with one attached hydrogen (secondary N) is 3. The summed E-state index contributed by atoms with van der Waals surface area (Å²) < 4.78 is 0. The second-order valence-corrected chi connectivity index (χ2v) is 6.95. The zero-order chi connectivity index (χ0) is 20.1. The molecule has 1 fully saturated rings. The van der Waals surface area contributed by atoms with Gasteiger partial charge in [-0.25, -0.2) is 4.79 Å². The fraction of sp³-hybridized carbons (Fsp3) is 0.286. The van der Waals surface area contributed by atoms with Gasteiger partial charge in [-0.05, 0) is 50.6 Å². The summed E-state index contributed by atoms with van der Waals surface area (Å²) in [6, 6.07) is 13.6. The molecule has 1 heterocycles. The lowest BCUT2D eigenvalue weighted by atomic mass is 10.1. The Hall–Kier alpha value is -3.35. The normalized spacial score (nSPS) is 13.5. The van der Waals surface area contributed by atoms with E-state index >= 15 is 0 Å². The number of carbonyl (C=O) groups is 3. The third-order valence-electron chi connectivity index (χ3n) is 4.33. The molecule has 3 rings (SSSR count). The van der Waals surface area contributed by atoms with Gasteiger partial charge in [0.15, 0.2) is 0 Å². The van der Waals surface area contributed by atoms with Crippen LogP contribution in [0.3, 0.4) is 0 Å². The van der Waals surface area contributed by atoms with Gasteiger partial charge in [-0.3, -0.25) is 9.59 Å². The first-order valence-corrected chi connectivity index (χ1v) is 9.32.